The van der Waals surface area contributed by atoms with Gasteiger partial charge < -0.3 is 20.5 Å². The van der Waals surface area contributed by atoms with Crippen LogP contribution in [0.25, 0.3) is 0 Å². The molecule has 0 aromatic carbocycles. The molecular weight excluding hydrogens is 180 g/mol. The van der Waals surface area contributed by atoms with Crippen molar-refractivity contribution in [3.05, 3.63) is 0 Å². The van der Waals surface area contributed by atoms with Gasteiger partial charge in [-0.25, -0.2) is 0 Å². The number of β-amino-alcohol motifs (C(OH)–C–C–N with tert-alkyl or cyclic N) is 1. The molecule has 0 spiro atoms. The molecule has 4 heteroatoms. The van der Waals surface area contributed by atoms with Gasteiger partial charge in [0.05, 0.1) is 12.7 Å². The summed E-state index contributed by atoms with van der Waals surface area (Å²) in [4.78, 5) is 2.30. The Hall–Kier alpha value is -0.160. The fraction of sp³-hybridized carbons (Fsp3) is 1.00. The lowest BCUT2D eigenvalue weighted by Crippen LogP contribution is -2.44. The number of aliphatic hydroxyl groups is 1. The van der Waals surface area contributed by atoms with E-state index in [9.17, 15) is 5.11 Å². The van der Waals surface area contributed by atoms with Crippen molar-refractivity contribution in [2.75, 3.05) is 32.8 Å². The van der Waals surface area contributed by atoms with Crippen LogP contribution in [0.5, 0.6) is 0 Å². The van der Waals surface area contributed by atoms with E-state index < -0.39 is 0 Å². The minimum Gasteiger partial charge on any atom is -0.392 e. The number of hydrogen-bond acceptors (Lipinski definition) is 4. The summed E-state index contributed by atoms with van der Waals surface area (Å²) in [5.41, 5.74) is 6.02. The summed E-state index contributed by atoms with van der Waals surface area (Å²) in [7, 11) is 0. The third-order valence-corrected chi connectivity index (χ3v) is 3.27. The normalized spacial score (nSPS) is 40.3. The monoisotopic (exact) mass is 200 g/mol. The molecule has 0 radical (unpaired) electrons. The zero-order valence-electron chi connectivity index (χ0n) is 8.56. The SMILES string of the molecule is NC1CCOCC1CN1CCC(O)C1. The highest BCUT2D eigenvalue weighted by atomic mass is 16.5. The van der Waals surface area contributed by atoms with E-state index in [0.717, 1.165) is 45.7 Å². The van der Waals surface area contributed by atoms with Gasteiger partial charge in [0, 0.05) is 38.2 Å². The molecule has 2 saturated heterocycles. The highest BCUT2D eigenvalue weighted by Crippen LogP contribution is 2.17. The Morgan fingerprint density at radius 1 is 1.43 bits per heavy atom. The third-order valence-electron chi connectivity index (χ3n) is 3.27. The van der Waals surface area contributed by atoms with Crippen LogP contribution in [0.4, 0.5) is 0 Å². The number of nitrogens with zero attached hydrogens (tertiary/aromatic N) is 1. The first kappa shape index (κ1) is 10.4. The van der Waals surface area contributed by atoms with Crippen LogP contribution in [-0.4, -0.2) is 55.0 Å². The second-order valence-corrected chi connectivity index (χ2v) is 4.49. The number of aliphatic hydroxyl groups excluding tert-OH is 1. The Kier molecular flexibility index (Phi) is 3.38. The number of nitrogens with two attached hydrogens (primary N) is 1. The van der Waals surface area contributed by atoms with Gasteiger partial charge in [0.2, 0.25) is 0 Å². The maximum Gasteiger partial charge on any atom is 0.0679 e. The van der Waals surface area contributed by atoms with Gasteiger partial charge in [0.15, 0.2) is 0 Å². The number of rotatable bonds is 2. The van der Waals surface area contributed by atoms with Gasteiger partial charge in [-0.1, -0.05) is 0 Å². The van der Waals surface area contributed by atoms with Crippen LogP contribution in [-0.2, 0) is 4.74 Å². The Bertz CT molecular complexity index is 189. The molecule has 0 bridgehead atoms. The molecule has 2 rings (SSSR count). The van der Waals surface area contributed by atoms with E-state index in [4.69, 9.17) is 10.5 Å². The van der Waals surface area contributed by atoms with Crippen LogP contribution >= 0.6 is 0 Å². The van der Waals surface area contributed by atoms with E-state index in [2.05, 4.69) is 4.90 Å². The number of hydrogen-bond donors (Lipinski definition) is 2. The van der Waals surface area contributed by atoms with Crippen LogP contribution in [0.15, 0.2) is 0 Å². The van der Waals surface area contributed by atoms with Gasteiger partial charge >= 0.3 is 0 Å². The Balaban J connectivity index is 1.78. The van der Waals surface area contributed by atoms with Crippen molar-refractivity contribution in [3.63, 3.8) is 0 Å². The quantitative estimate of drug-likeness (QED) is 0.626. The van der Waals surface area contributed by atoms with Gasteiger partial charge in [0.25, 0.3) is 0 Å². The minimum atomic E-state index is -0.129. The molecule has 2 aliphatic heterocycles. The zero-order valence-corrected chi connectivity index (χ0v) is 8.56. The van der Waals surface area contributed by atoms with Crippen molar-refractivity contribution < 1.29 is 9.84 Å². The lowest BCUT2D eigenvalue weighted by Gasteiger charge is -2.31. The molecule has 0 amide bonds. The molecule has 4 nitrogen and oxygen atoms in total. The highest BCUT2D eigenvalue weighted by Gasteiger charge is 2.28. The van der Waals surface area contributed by atoms with E-state index in [1.54, 1.807) is 0 Å². The van der Waals surface area contributed by atoms with Crippen LogP contribution in [0.2, 0.25) is 0 Å². The smallest absolute Gasteiger partial charge is 0.0679 e. The summed E-state index contributed by atoms with van der Waals surface area (Å²) < 4.78 is 5.42. The maximum absolute atomic E-state index is 9.39. The molecule has 2 aliphatic rings. The summed E-state index contributed by atoms with van der Waals surface area (Å²) >= 11 is 0. The molecule has 0 aliphatic carbocycles. The summed E-state index contributed by atoms with van der Waals surface area (Å²) in [6.07, 6.45) is 1.75. The fourth-order valence-electron chi connectivity index (χ4n) is 2.31. The minimum absolute atomic E-state index is 0.129. The average molecular weight is 200 g/mol. The molecule has 2 heterocycles. The lowest BCUT2D eigenvalue weighted by atomic mass is 9.96. The molecule has 0 aromatic heterocycles. The third kappa shape index (κ3) is 2.45. The summed E-state index contributed by atoms with van der Waals surface area (Å²) in [6, 6.07) is 0.279. The Morgan fingerprint density at radius 3 is 2.93 bits per heavy atom. The molecule has 0 saturated carbocycles. The number of ether oxygens (including phenoxy) is 1. The number of likely N-dealkylation sites (tertiary alicyclic amines) is 1. The van der Waals surface area contributed by atoms with Crippen LogP contribution in [0.1, 0.15) is 12.8 Å². The second kappa shape index (κ2) is 4.57. The van der Waals surface area contributed by atoms with Gasteiger partial charge in [-0.15, -0.1) is 0 Å². The first-order chi connectivity index (χ1) is 6.75. The first-order valence-corrected chi connectivity index (χ1v) is 5.49. The van der Waals surface area contributed by atoms with E-state index >= 15 is 0 Å². The van der Waals surface area contributed by atoms with Crippen LogP contribution in [0.3, 0.4) is 0 Å². The molecule has 3 atom stereocenters. The van der Waals surface area contributed by atoms with Crippen LogP contribution in [0, 0.1) is 5.92 Å². The lowest BCUT2D eigenvalue weighted by molar-refractivity contribution is 0.0275. The van der Waals surface area contributed by atoms with E-state index in [0.29, 0.717) is 5.92 Å². The van der Waals surface area contributed by atoms with Crippen LogP contribution < -0.4 is 5.73 Å². The predicted molar refractivity (Wildman–Crippen MR) is 54.0 cm³/mol. The fourth-order valence-corrected chi connectivity index (χ4v) is 2.31. The Labute approximate surface area is 85.0 Å². The molecule has 3 unspecified atom stereocenters. The summed E-state index contributed by atoms with van der Waals surface area (Å²) in [6.45, 7) is 4.39. The average Bonchev–Trinajstić information content (AvgIpc) is 2.56. The molecule has 2 fully saturated rings. The van der Waals surface area contributed by atoms with Gasteiger partial charge in [0.1, 0.15) is 0 Å². The largest absolute Gasteiger partial charge is 0.392 e. The second-order valence-electron chi connectivity index (χ2n) is 4.49. The summed E-state index contributed by atoms with van der Waals surface area (Å²) in [5.74, 6) is 0.453. The van der Waals surface area contributed by atoms with Crippen molar-refractivity contribution in [2.45, 2.75) is 25.0 Å². The summed E-state index contributed by atoms with van der Waals surface area (Å²) in [5, 5.41) is 9.39. The standard InChI is InChI=1S/C10H20N2O2/c11-10-2-4-14-7-8(10)5-12-3-1-9(13)6-12/h8-10,13H,1-7,11H2. The van der Waals surface area contributed by atoms with Crippen molar-refractivity contribution >= 4 is 0 Å². The topological polar surface area (TPSA) is 58.7 Å². The van der Waals surface area contributed by atoms with Crippen molar-refractivity contribution in [1.82, 2.24) is 4.90 Å². The molecule has 82 valence electrons. The van der Waals surface area contributed by atoms with Crippen molar-refractivity contribution in [3.8, 4) is 0 Å². The maximum atomic E-state index is 9.39. The molecule has 0 aromatic rings. The van der Waals surface area contributed by atoms with Crippen molar-refractivity contribution in [2.24, 2.45) is 11.7 Å². The van der Waals surface area contributed by atoms with E-state index in [1.165, 1.54) is 0 Å². The predicted octanol–water partition coefficient (Wildman–Crippen LogP) is -0.583. The zero-order chi connectivity index (χ0) is 9.97. The highest BCUT2D eigenvalue weighted by molar-refractivity contribution is 4.82. The molecular formula is C10H20N2O2. The van der Waals surface area contributed by atoms with Gasteiger partial charge in [-0.05, 0) is 12.8 Å². The van der Waals surface area contributed by atoms with Gasteiger partial charge in [-0.2, -0.15) is 0 Å². The van der Waals surface area contributed by atoms with Gasteiger partial charge in [-0.3, -0.25) is 0 Å². The first-order valence-electron chi connectivity index (χ1n) is 5.49. The molecule has 3 N–H and O–H groups in total. The van der Waals surface area contributed by atoms with E-state index in [-0.39, 0.29) is 12.1 Å². The van der Waals surface area contributed by atoms with E-state index in [1.807, 2.05) is 0 Å². The molecule has 14 heavy (non-hydrogen) atoms. The Morgan fingerprint density at radius 2 is 2.29 bits per heavy atom. The van der Waals surface area contributed by atoms with Crippen molar-refractivity contribution in [1.29, 1.82) is 0 Å².